The Bertz CT molecular complexity index is 850. The van der Waals surface area contributed by atoms with Crippen LogP contribution in [0.4, 0.5) is 10.5 Å². The number of nitrogens with one attached hydrogen (secondary N) is 1. The van der Waals surface area contributed by atoms with Gasteiger partial charge in [0.2, 0.25) is 5.91 Å². The normalized spacial score (nSPS) is 16.2. The zero-order chi connectivity index (χ0) is 19.4. The molecule has 142 valence electrons. The number of benzene rings is 2. The van der Waals surface area contributed by atoms with Crippen LogP contribution in [0.25, 0.3) is 0 Å². The van der Waals surface area contributed by atoms with Crippen LogP contribution in [-0.2, 0) is 6.42 Å². The predicted molar refractivity (Wildman–Crippen MR) is 105 cm³/mol. The summed E-state index contributed by atoms with van der Waals surface area (Å²) in [7, 11) is 1.62. The van der Waals surface area contributed by atoms with E-state index in [1.807, 2.05) is 48.2 Å². The Balaban J connectivity index is 1.58. The second-order valence-electron chi connectivity index (χ2n) is 6.98. The Morgan fingerprint density at radius 1 is 1.26 bits per heavy atom. The molecule has 0 aliphatic carbocycles. The summed E-state index contributed by atoms with van der Waals surface area (Å²) in [5.74, 6) is 0.722. The van der Waals surface area contributed by atoms with Gasteiger partial charge in [-0.3, -0.25) is 4.79 Å². The van der Waals surface area contributed by atoms with E-state index in [-0.39, 0.29) is 6.03 Å². The number of carbonyl (C=O) groups is 2. The first-order valence-corrected chi connectivity index (χ1v) is 9.05. The van der Waals surface area contributed by atoms with Crippen LogP contribution in [-0.4, -0.2) is 37.0 Å². The van der Waals surface area contributed by atoms with Crippen molar-refractivity contribution in [3.05, 3.63) is 59.2 Å². The van der Waals surface area contributed by atoms with Gasteiger partial charge in [0.15, 0.2) is 0 Å². The number of rotatable bonds is 5. The molecule has 6 nitrogen and oxygen atoms in total. The number of hydrogen-bond donors (Lipinski definition) is 2. The monoisotopic (exact) mass is 367 g/mol. The minimum Gasteiger partial charge on any atom is -0.497 e. The summed E-state index contributed by atoms with van der Waals surface area (Å²) in [6.45, 7) is 3.36. The molecule has 6 heteroatoms. The second kappa shape index (κ2) is 8.12. The summed E-state index contributed by atoms with van der Waals surface area (Å²) in [6.07, 6.45) is 1.77. The van der Waals surface area contributed by atoms with E-state index in [1.165, 1.54) is 0 Å². The standard InChI is InChI=1S/C21H25N3O3/c1-14-10-18(27-2)6-7-19(14)23-21(26)24-9-8-16(13-24)11-15-4-3-5-17(12-15)20(22)25/h3-7,10,12,16H,8-9,11,13H2,1-2H3,(H2,22,25)(H,23,26). The van der Waals surface area contributed by atoms with Gasteiger partial charge in [-0.15, -0.1) is 0 Å². The summed E-state index contributed by atoms with van der Waals surface area (Å²) >= 11 is 0. The summed E-state index contributed by atoms with van der Waals surface area (Å²) in [6, 6.07) is 12.9. The fourth-order valence-corrected chi connectivity index (χ4v) is 3.47. The molecule has 0 bridgehead atoms. The summed E-state index contributed by atoms with van der Waals surface area (Å²) in [5.41, 5.74) is 8.70. The van der Waals surface area contributed by atoms with Gasteiger partial charge in [-0.2, -0.15) is 0 Å². The smallest absolute Gasteiger partial charge is 0.321 e. The molecule has 2 aromatic carbocycles. The molecule has 1 unspecified atom stereocenters. The topological polar surface area (TPSA) is 84.7 Å². The van der Waals surface area contributed by atoms with E-state index < -0.39 is 5.91 Å². The summed E-state index contributed by atoms with van der Waals surface area (Å²) in [4.78, 5) is 25.8. The van der Waals surface area contributed by atoms with Crippen molar-refractivity contribution in [2.75, 3.05) is 25.5 Å². The van der Waals surface area contributed by atoms with Gasteiger partial charge < -0.3 is 20.7 Å². The minimum absolute atomic E-state index is 0.0864. The van der Waals surface area contributed by atoms with Gasteiger partial charge in [0.25, 0.3) is 0 Å². The third-order valence-electron chi connectivity index (χ3n) is 4.98. The Morgan fingerprint density at radius 3 is 2.78 bits per heavy atom. The molecule has 0 saturated carbocycles. The third-order valence-corrected chi connectivity index (χ3v) is 4.98. The van der Waals surface area contributed by atoms with Gasteiger partial charge in [0.1, 0.15) is 5.75 Å². The highest BCUT2D eigenvalue weighted by Gasteiger charge is 2.26. The highest BCUT2D eigenvalue weighted by molar-refractivity contribution is 5.93. The van der Waals surface area contributed by atoms with E-state index in [1.54, 1.807) is 13.2 Å². The van der Waals surface area contributed by atoms with E-state index >= 15 is 0 Å². The number of hydrogen-bond acceptors (Lipinski definition) is 3. The maximum atomic E-state index is 12.6. The number of nitrogens with zero attached hydrogens (tertiary/aromatic N) is 1. The molecule has 1 atom stereocenters. The number of nitrogens with two attached hydrogens (primary N) is 1. The van der Waals surface area contributed by atoms with Crippen molar-refractivity contribution in [2.24, 2.45) is 11.7 Å². The molecule has 0 aromatic heterocycles. The number of methoxy groups -OCH3 is 1. The quantitative estimate of drug-likeness (QED) is 0.851. The Morgan fingerprint density at radius 2 is 2.07 bits per heavy atom. The summed E-state index contributed by atoms with van der Waals surface area (Å²) < 4.78 is 5.20. The number of likely N-dealkylation sites (tertiary alicyclic amines) is 1. The van der Waals surface area contributed by atoms with E-state index in [2.05, 4.69) is 5.32 Å². The first-order valence-electron chi connectivity index (χ1n) is 9.05. The molecular formula is C21H25N3O3. The van der Waals surface area contributed by atoms with E-state index in [0.717, 1.165) is 42.0 Å². The number of primary amides is 1. The van der Waals surface area contributed by atoms with Gasteiger partial charge in [0.05, 0.1) is 7.11 Å². The van der Waals surface area contributed by atoms with Crippen LogP contribution in [0.3, 0.4) is 0 Å². The molecule has 3 rings (SSSR count). The SMILES string of the molecule is COc1ccc(NC(=O)N2CCC(Cc3cccc(C(N)=O)c3)C2)c(C)c1. The average molecular weight is 367 g/mol. The van der Waals surface area contributed by atoms with Crippen LogP contribution in [0.5, 0.6) is 5.75 Å². The zero-order valence-electron chi connectivity index (χ0n) is 15.7. The van der Waals surface area contributed by atoms with Crippen molar-refractivity contribution in [1.29, 1.82) is 0 Å². The number of anilines is 1. The van der Waals surface area contributed by atoms with Crippen molar-refractivity contribution in [3.63, 3.8) is 0 Å². The van der Waals surface area contributed by atoms with Crippen molar-refractivity contribution < 1.29 is 14.3 Å². The molecule has 3 N–H and O–H groups in total. The first-order chi connectivity index (χ1) is 13.0. The van der Waals surface area contributed by atoms with Crippen LogP contribution in [0.1, 0.15) is 27.9 Å². The Hall–Kier alpha value is -3.02. The lowest BCUT2D eigenvalue weighted by atomic mass is 9.97. The maximum absolute atomic E-state index is 12.6. The van der Waals surface area contributed by atoms with Crippen LogP contribution >= 0.6 is 0 Å². The van der Waals surface area contributed by atoms with Crippen LogP contribution in [0, 0.1) is 12.8 Å². The highest BCUT2D eigenvalue weighted by atomic mass is 16.5. The molecular weight excluding hydrogens is 342 g/mol. The molecule has 1 aliphatic heterocycles. The summed E-state index contributed by atoms with van der Waals surface area (Å²) in [5, 5.41) is 2.98. The molecule has 2 aromatic rings. The average Bonchev–Trinajstić information content (AvgIpc) is 3.12. The third kappa shape index (κ3) is 4.58. The van der Waals surface area contributed by atoms with Crippen LogP contribution in [0.2, 0.25) is 0 Å². The zero-order valence-corrected chi connectivity index (χ0v) is 15.7. The molecule has 0 spiro atoms. The van der Waals surface area contributed by atoms with Crippen LogP contribution < -0.4 is 15.8 Å². The van der Waals surface area contributed by atoms with Gasteiger partial charge in [0, 0.05) is 24.3 Å². The van der Waals surface area contributed by atoms with Crippen molar-refractivity contribution in [3.8, 4) is 5.75 Å². The number of amides is 3. The number of aryl methyl sites for hydroxylation is 1. The predicted octanol–water partition coefficient (Wildman–Crippen LogP) is 3.20. The number of carbonyl (C=O) groups excluding carboxylic acids is 2. The van der Waals surface area contributed by atoms with Gasteiger partial charge in [-0.05, 0) is 67.1 Å². The number of urea groups is 1. The first kappa shape index (κ1) is 18.8. The molecule has 1 fully saturated rings. The van der Waals surface area contributed by atoms with Crippen LogP contribution in [0.15, 0.2) is 42.5 Å². The Labute approximate surface area is 159 Å². The molecule has 1 saturated heterocycles. The fourth-order valence-electron chi connectivity index (χ4n) is 3.47. The van der Waals surface area contributed by atoms with Gasteiger partial charge in [-0.1, -0.05) is 12.1 Å². The van der Waals surface area contributed by atoms with E-state index in [0.29, 0.717) is 18.0 Å². The van der Waals surface area contributed by atoms with E-state index in [4.69, 9.17) is 10.5 Å². The second-order valence-corrected chi connectivity index (χ2v) is 6.98. The van der Waals surface area contributed by atoms with Crippen molar-refractivity contribution >= 4 is 17.6 Å². The maximum Gasteiger partial charge on any atom is 0.321 e. The molecule has 27 heavy (non-hydrogen) atoms. The van der Waals surface area contributed by atoms with Gasteiger partial charge in [-0.25, -0.2) is 4.79 Å². The molecule has 1 aliphatic rings. The largest absolute Gasteiger partial charge is 0.497 e. The highest BCUT2D eigenvalue weighted by Crippen LogP contribution is 2.24. The lowest BCUT2D eigenvalue weighted by Gasteiger charge is -2.19. The molecule has 3 amide bonds. The lowest BCUT2D eigenvalue weighted by Crippen LogP contribution is -2.33. The molecule has 0 radical (unpaired) electrons. The van der Waals surface area contributed by atoms with Crippen molar-refractivity contribution in [1.82, 2.24) is 4.90 Å². The Kier molecular flexibility index (Phi) is 5.64. The lowest BCUT2D eigenvalue weighted by molar-refractivity contribution is 0.1000. The molecule has 1 heterocycles. The van der Waals surface area contributed by atoms with Crippen molar-refractivity contribution in [2.45, 2.75) is 19.8 Å². The van der Waals surface area contributed by atoms with Gasteiger partial charge >= 0.3 is 6.03 Å². The fraction of sp³-hybridized carbons (Fsp3) is 0.333. The minimum atomic E-state index is -0.417. The number of ether oxygens (including phenoxy) is 1. The van der Waals surface area contributed by atoms with E-state index in [9.17, 15) is 9.59 Å².